The molecule has 1 fully saturated rings. The zero-order chi connectivity index (χ0) is 20.6. The smallest absolute Gasteiger partial charge is 0.223 e. The average molecular weight is 399 g/mol. The van der Waals surface area contributed by atoms with Crippen LogP contribution in [0.1, 0.15) is 48.0 Å². The highest BCUT2D eigenvalue weighted by Crippen LogP contribution is 2.15. The number of amides is 1. The van der Waals surface area contributed by atoms with Crippen molar-refractivity contribution in [1.29, 1.82) is 0 Å². The van der Waals surface area contributed by atoms with Crippen LogP contribution in [0.2, 0.25) is 0 Å². The van der Waals surface area contributed by atoms with Crippen LogP contribution in [-0.4, -0.2) is 59.4 Å². The first-order chi connectivity index (χ1) is 14.0. The number of ketones is 1. The van der Waals surface area contributed by atoms with Gasteiger partial charge in [-0.25, -0.2) is 0 Å². The number of aryl methyl sites for hydroxylation is 1. The van der Waals surface area contributed by atoms with E-state index in [4.69, 9.17) is 9.26 Å². The molecule has 1 amide bonds. The molecule has 7 heteroatoms. The van der Waals surface area contributed by atoms with Gasteiger partial charge >= 0.3 is 0 Å². The fourth-order valence-corrected chi connectivity index (χ4v) is 3.35. The van der Waals surface area contributed by atoms with Gasteiger partial charge in [0.1, 0.15) is 5.75 Å². The fourth-order valence-electron chi connectivity index (χ4n) is 3.35. The number of Topliss-reactive ketones (excluding diaryl/α,β-unsaturated/α-hetero) is 1. The molecule has 1 aromatic heterocycles. The van der Waals surface area contributed by atoms with Crippen molar-refractivity contribution in [2.45, 2.75) is 39.7 Å². The van der Waals surface area contributed by atoms with Crippen LogP contribution in [0.3, 0.4) is 0 Å². The van der Waals surface area contributed by atoms with Gasteiger partial charge in [-0.3, -0.25) is 14.5 Å². The van der Waals surface area contributed by atoms with Crippen LogP contribution in [0, 0.1) is 6.92 Å². The molecule has 0 bridgehead atoms. The third kappa shape index (κ3) is 6.15. The molecule has 0 N–H and O–H groups in total. The molecule has 2 heterocycles. The van der Waals surface area contributed by atoms with Gasteiger partial charge in [0, 0.05) is 50.7 Å². The lowest BCUT2D eigenvalue weighted by Crippen LogP contribution is -2.48. The second-order valence-electron chi connectivity index (χ2n) is 7.39. The van der Waals surface area contributed by atoms with Crippen molar-refractivity contribution in [3.8, 4) is 5.75 Å². The van der Waals surface area contributed by atoms with Crippen molar-refractivity contribution in [1.82, 2.24) is 15.0 Å². The number of benzene rings is 1. The summed E-state index contributed by atoms with van der Waals surface area (Å²) in [6.07, 6.45) is 1.41. The third-order valence-electron chi connectivity index (χ3n) is 5.00. The molecule has 156 valence electrons. The summed E-state index contributed by atoms with van der Waals surface area (Å²) in [5.74, 6) is 1.63. The lowest BCUT2D eigenvalue weighted by molar-refractivity contribution is -0.133. The van der Waals surface area contributed by atoms with Gasteiger partial charge in [-0.1, -0.05) is 12.1 Å². The number of rotatable bonds is 9. The molecule has 2 aromatic rings. The number of nitrogens with zero attached hydrogens (tertiary/aromatic N) is 3. The molecule has 0 radical (unpaired) electrons. The Morgan fingerprint density at radius 3 is 2.45 bits per heavy atom. The Morgan fingerprint density at radius 2 is 1.83 bits per heavy atom. The Balaban J connectivity index is 1.39. The third-order valence-corrected chi connectivity index (χ3v) is 5.00. The van der Waals surface area contributed by atoms with Crippen molar-refractivity contribution >= 4 is 11.7 Å². The van der Waals surface area contributed by atoms with Gasteiger partial charge in [-0.15, -0.1) is 0 Å². The summed E-state index contributed by atoms with van der Waals surface area (Å²) in [4.78, 5) is 29.0. The van der Waals surface area contributed by atoms with Crippen LogP contribution in [0.15, 0.2) is 34.9 Å². The van der Waals surface area contributed by atoms with Crippen molar-refractivity contribution < 1.29 is 18.8 Å². The van der Waals surface area contributed by atoms with E-state index in [1.807, 2.05) is 24.8 Å². The van der Waals surface area contributed by atoms with Gasteiger partial charge < -0.3 is 14.2 Å². The maximum Gasteiger partial charge on any atom is 0.223 e. The molecule has 1 aliphatic rings. The van der Waals surface area contributed by atoms with Gasteiger partial charge in [-0.2, -0.15) is 0 Å². The molecule has 1 aromatic carbocycles. The quantitative estimate of drug-likeness (QED) is 0.603. The van der Waals surface area contributed by atoms with Gasteiger partial charge in [0.15, 0.2) is 11.5 Å². The second-order valence-corrected chi connectivity index (χ2v) is 7.39. The largest absolute Gasteiger partial charge is 0.494 e. The summed E-state index contributed by atoms with van der Waals surface area (Å²) in [7, 11) is 0. The minimum absolute atomic E-state index is 0.0142. The van der Waals surface area contributed by atoms with Gasteiger partial charge in [0.25, 0.3) is 0 Å². The van der Waals surface area contributed by atoms with Crippen LogP contribution in [0.25, 0.3) is 0 Å². The highest BCUT2D eigenvalue weighted by Gasteiger charge is 2.22. The fraction of sp³-hybridized carbons (Fsp3) is 0.500. The standard InChI is InChI=1S/C22H29N3O4/c1-3-14-28-19-6-4-18(5-7-19)21(26)8-9-22(27)25-12-10-24(11-13-25)16-20-15-17(2)23-29-20/h4-7,15H,3,8-14,16H2,1-2H3. The summed E-state index contributed by atoms with van der Waals surface area (Å²) >= 11 is 0. The van der Waals surface area contributed by atoms with E-state index in [0.717, 1.165) is 36.7 Å². The minimum atomic E-state index is -0.0142. The predicted octanol–water partition coefficient (Wildman–Crippen LogP) is 3.08. The molecule has 0 unspecified atom stereocenters. The summed E-state index contributed by atoms with van der Waals surface area (Å²) < 4.78 is 10.8. The lowest BCUT2D eigenvalue weighted by Gasteiger charge is -2.34. The molecule has 1 aliphatic heterocycles. The summed E-state index contributed by atoms with van der Waals surface area (Å²) in [6.45, 7) is 8.24. The molecule has 29 heavy (non-hydrogen) atoms. The van der Waals surface area contributed by atoms with E-state index in [0.29, 0.717) is 31.8 Å². The molecule has 0 aliphatic carbocycles. The van der Waals surface area contributed by atoms with Gasteiger partial charge in [0.05, 0.1) is 18.8 Å². The number of carbonyl (C=O) groups excluding carboxylic acids is 2. The second kappa shape index (κ2) is 10.2. The zero-order valence-electron chi connectivity index (χ0n) is 17.2. The van der Waals surface area contributed by atoms with E-state index in [2.05, 4.69) is 10.1 Å². The van der Waals surface area contributed by atoms with Crippen LogP contribution >= 0.6 is 0 Å². The topological polar surface area (TPSA) is 75.9 Å². The Hall–Kier alpha value is -2.67. The van der Waals surface area contributed by atoms with E-state index >= 15 is 0 Å². The van der Waals surface area contributed by atoms with Crippen LogP contribution in [-0.2, 0) is 11.3 Å². The molecular formula is C22H29N3O4. The van der Waals surface area contributed by atoms with Crippen LogP contribution in [0.4, 0.5) is 0 Å². The van der Waals surface area contributed by atoms with E-state index in [1.165, 1.54) is 0 Å². The number of piperazine rings is 1. The maximum atomic E-state index is 12.5. The van der Waals surface area contributed by atoms with E-state index in [-0.39, 0.29) is 24.5 Å². The van der Waals surface area contributed by atoms with Crippen LogP contribution in [0.5, 0.6) is 5.75 Å². The van der Waals surface area contributed by atoms with Crippen molar-refractivity contribution in [2.75, 3.05) is 32.8 Å². The highest BCUT2D eigenvalue weighted by molar-refractivity contribution is 5.98. The first-order valence-electron chi connectivity index (χ1n) is 10.2. The van der Waals surface area contributed by atoms with Gasteiger partial charge in [-0.05, 0) is 37.6 Å². The normalized spacial score (nSPS) is 14.8. The summed E-state index contributed by atoms with van der Waals surface area (Å²) in [5, 5.41) is 3.90. The first-order valence-corrected chi connectivity index (χ1v) is 10.2. The molecule has 0 saturated carbocycles. The Morgan fingerprint density at radius 1 is 1.10 bits per heavy atom. The van der Waals surface area contributed by atoms with Crippen LogP contribution < -0.4 is 4.74 Å². The lowest BCUT2D eigenvalue weighted by atomic mass is 10.1. The Kier molecular flexibility index (Phi) is 7.41. The number of carbonyl (C=O) groups is 2. The van der Waals surface area contributed by atoms with Crippen molar-refractivity contribution in [3.63, 3.8) is 0 Å². The van der Waals surface area contributed by atoms with E-state index in [1.54, 1.807) is 24.3 Å². The SMILES string of the molecule is CCCOc1ccc(C(=O)CCC(=O)N2CCN(Cc3cc(C)no3)CC2)cc1. The number of aromatic nitrogens is 1. The number of hydrogen-bond donors (Lipinski definition) is 0. The summed E-state index contributed by atoms with van der Waals surface area (Å²) in [5.41, 5.74) is 1.50. The van der Waals surface area contributed by atoms with E-state index < -0.39 is 0 Å². The Labute approximate surface area is 171 Å². The molecule has 0 atom stereocenters. The predicted molar refractivity (Wildman–Crippen MR) is 109 cm³/mol. The molecule has 1 saturated heterocycles. The van der Waals surface area contributed by atoms with E-state index in [9.17, 15) is 9.59 Å². The summed E-state index contributed by atoms with van der Waals surface area (Å²) in [6, 6.07) is 9.08. The highest BCUT2D eigenvalue weighted by atomic mass is 16.5. The van der Waals surface area contributed by atoms with Crippen molar-refractivity contribution in [2.24, 2.45) is 0 Å². The molecular weight excluding hydrogens is 370 g/mol. The van der Waals surface area contributed by atoms with Gasteiger partial charge in [0.2, 0.25) is 5.91 Å². The minimum Gasteiger partial charge on any atom is -0.494 e. The first kappa shape index (κ1) is 21.0. The monoisotopic (exact) mass is 399 g/mol. The molecule has 7 nitrogen and oxygen atoms in total. The molecule has 0 spiro atoms. The average Bonchev–Trinajstić information content (AvgIpc) is 3.15. The maximum absolute atomic E-state index is 12.5. The number of hydrogen-bond acceptors (Lipinski definition) is 6. The number of ether oxygens (including phenoxy) is 1. The zero-order valence-corrected chi connectivity index (χ0v) is 17.2. The molecule has 3 rings (SSSR count). The Bertz CT molecular complexity index is 808. The van der Waals surface area contributed by atoms with Crippen molar-refractivity contribution in [3.05, 3.63) is 47.3 Å².